The van der Waals surface area contributed by atoms with Crippen molar-refractivity contribution in [1.29, 1.82) is 0 Å². The van der Waals surface area contributed by atoms with E-state index in [9.17, 15) is 9.59 Å². The van der Waals surface area contributed by atoms with E-state index in [0.717, 1.165) is 29.9 Å². The summed E-state index contributed by atoms with van der Waals surface area (Å²) < 4.78 is 0. The molecule has 2 fully saturated rings. The van der Waals surface area contributed by atoms with Crippen molar-refractivity contribution in [3.05, 3.63) is 41.6 Å². The first kappa shape index (κ1) is 15.9. The van der Waals surface area contributed by atoms with E-state index in [1.54, 1.807) is 0 Å². The molecule has 0 radical (unpaired) electrons. The predicted octanol–water partition coefficient (Wildman–Crippen LogP) is 2.84. The minimum absolute atomic E-state index is 0.0903. The number of benzene rings is 1. The number of hydrogen-bond donors (Lipinski definition) is 2. The van der Waals surface area contributed by atoms with E-state index in [1.807, 2.05) is 42.2 Å². The molecule has 6 nitrogen and oxygen atoms in total. The topological polar surface area (TPSA) is 78.1 Å². The predicted molar refractivity (Wildman–Crippen MR) is 95.5 cm³/mol. The largest absolute Gasteiger partial charge is 0.312 e. The summed E-state index contributed by atoms with van der Waals surface area (Å²) in [6, 6.07) is 9.56. The summed E-state index contributed by atoms with van der Waals surface area (Å²) in [4.78, 5) is 26.1. The van der Waals surface area contributed by atoms with E-state index in [2.05, 4.69) is 15.5 Å². The number of hydrogen-bond acceptors (Lipinski definition) is 3. The van der Waals surface area contributed by atoms with Gasteiger partial charge in [-0.1, -0.05) is 19.1 Å². The molecule has 2 aromatic rings. The monoisotopic (exact) mass is 338 g/mol. The van der Waals surface area contributed by atoms with Gasteiger partial charge in [0.1, 0.15) is 0 Å². The zero-order valence-electron chi connectivity index (χ0n) is 14.3. The van der Waals surface area contributed by atoms with E-state index < -0.39 is 0 Å². The van der Waals surface area contributed by atoms with Crippen LogP contribution in [0.1, 0.15) is 43.4 Å². The van der Waals surface area contributed by atoms with Gasteiger partial charge in [0.15, 0.2) is 5.82 Å². The van der Waals surface area contributed by atoms with Gasteiger partial charge < -0.3 is 10.2 Å². The van der Waals surface area contributed by atoms with Gasteiger partial charge in [-0.2, -0.15) is 5.10 Å². The molecule has 6 heteroatoms. The van der Waals surface area contributed by atoms with Crippen molar-refractivity contribution in [2.24, 2.45) is 5.92 Å². The molecule has 4 rings (SSSR count). The number of aromatic nitrogens is 2. The fourth-order valence-corrected chi connectivity index (χ4v) is 3.25. The number of nitrogens with zero attached hydrogens (tertiary/aromatic N) is 2. The summed E-state index contributed by atoms with van der Waals surface area (Å²) in [6.07, 6.45) is 3.58. The van der Waals surface area contributed by atoms with Crippen LogP contribution in [0.2, 0.25) is 0 Å². The Labute approximate surface area is 146 Å². The third kappa shape index (κ3) is 3.43. The Morgan fingerprint density at radius 1 is 1.28 bits per heavy atom. The highest BCUT2D eigenvalue weighted by Gasteiger charge is 2.29. The lowest BCUT2D eigenvalue weighted by Gasteiger charge is -2.16. The molecule has 0 spiro atoms. The van der Waals surface area contributed by atoms with Gasteiger partial charge in [0.2, 0.25) is 11.8 Å². The summed E-state index contributed by atoms with van der Waals surface area (Å²) in [5.41, 5.74) is 2.92. The number of H-pyrrole nitrogens is 1. The van der Waals surface area contributed by atoms with E-state index in [1.165, 1.54) is 12.8 Å². The number of rotatable bonds is 5. The minimum atomic E-state index is -0.0903. The second-order valence-corrected chi connectivity index (χ2v) is 7.05. The molecule has 2 heterocycles. The number of carbonyl (C=O) groups is 2. The molecule has 2 N–H and O–H groups in total. The molecule has 1 atom stereocenters. The zero-order valence-corrected chi connectivity index (χ0v) is 14.3. The zero-order chi connectivity index (χ0) is 17.4. The van der Waals surface area contributed by atoms with E-state index >= 15 is 0 Å². The lowest BCUT2D eigenvalue weighted by Crippen LogP contribution is -2.26. The SMILES string of the molecule is CC1CCN(c2ccc(CC(=O)Nc3cc(C4CC4)[nH]n3)cc2)C1=O. The van der Waals surface area contributed by atoms with E-state index in [4.69, 9.17) is 0 Å². The molecule has 0 bridgehead atoms. The Balaban J connectivity index is 1.35. The molecule has 1 saturated carbocycles. The quantitative estimate of drug-likeness (QED) is 0.880. The van der Waals surface area contributed by atoms with Crippen molar-refractivity contribution < 1.29 is 9.59 Å². The standard InChI is InChI=1S/C19H22N4O2/c1-12-8-9-23(19(12)25)15-6-2-13(3-7-15)10-18(24)20-17-11-16(21-22-17)14-4-5-14/h2-3,6-7,11-12,14H,4-5,8-10H2,1H3,(H2,20,21,22,24). The summed E-state index contributed by atoms with van der Waals surface area (Å²) in [5.74, 6) is 1.35. The van der Waals surface area contributed by atoms with Gasteiger partial charge in [0.25, 0.3) is 0 Å². The van der Waals surface area contributed by atoms with Gasteiger partial charge in [-0.05, 0) is 37.0 Å². The first-order valence-corrected chi connectivity index (χ1v) is 8.85. The summed E-state index contributed by atoms with van der Waals surface area (Å²) >= 11 is 0. The maximum absolute atomic E-state index is 12.2. The number of nitrogens with one attached hydrogen (secondary N) is 2. The van der Waals surface area contributed by atoms with Gasteiger partial charge in [0.05, 0.1) is 6.42 Å². The molecule has 2 aliphatic rings. The van der Waals surface area contributed by atoms with Crippen LogP contribution in [-0.4, -0.2) is 28.6 Å². The first-order valence-electron chi connectivity index (χ1n) is 8.85. The smallest absolute Gasteiger partial charge is 0.229 e. The van der Waals surface area contributed by atoms with Crippen molar-refractivity contribution in [1.82, 2.24) is 10.2 Å². The molecule has 1 aromatic carbocycles. The maximum atomic E-state index is 12.2. The second kappa shape index (κ2) is 6.35. The maximum Gasteiger partial charge on any atom is 0.229 e. The van der Waals surface area contributed by atoms with Crippen molar-refractivity contribution in [3.63, 3.8) is 0 Å². The highest BCUT2D eigenvalue weighted by atomic mass is 16.2. The summed E-state index contributed by atoms with van der Waals surface area (Å²) in [7, 11) is 0. The van der Waals surface area contributed by atoms with Crippen LogP contribution in [0.25, 0.3) is 0 Å². The van der Waals surface area contributed by atoms with Gasteiger partial charge in [0, 0.05) is 35.8 Å². The van der Waals surface area contributed by atoms with Crippen LogP contribution < -0.4 is 10.2 Å². The van der Waals surface area contributed by atoms with Crippen LogP contribution in [0.15, 0.2) is 30.3 Å². The highest BCUT2D eigenvalue weighted by Crippen LogP contribution is 2.39. The van der Waals surface area contributed by atoms with Crippen molar-refractivity contribution in [2.45, 2.75) is 38.5 Å². The first-order chi connectivity index (χ1) is 12.1. The number of amides is 2. The molecule has 2 amide bonds. The third-order valence-electron chi connectivity index (χ3n) is 4.97. The van der Waals surface area contributed by atoms with Crippen molar-refractivity contribution in [2.75, 3.05) is 16.8 Å². The molecule has 25 heavy (non-hydrogen) atoms. The molecule has 1 aliphatic heterocycles. The van der Waals surface area contributed by atoms with E-state index in [0.29, 0.717) is 11.7 Å². The lowest BCUT2D eigenvalue weighted by molar-refractivity contribution is -0.120. The Morgan fingerprint density at radius 2 is 2.04 bits per heavy atom. The van der Waals surface area contributed by atoms with Gasteiger partial charge >= 0.3 is 0 Å². The molecular formula is C19H22N4O2. The van der Waals surface area contributed by atoms with Gasteiger partial charge in [-0.3, -0.25) is 14.7 Å². The van der Waals surface area contributed by atoms with Crippen LogP contribution >= 0.6 is 0 Å². The van der Waals surface area contributed by atoms with E-state index in [-0.39, 0.29) is 24.2 Å². The number of anilines is 2. The normalized spacial score (nSPS) is 20.1. The lowest BCUT2D eigenvalue weighted by atomic mass is 10.1. The fraction of sp³-hybridized carbons (Fsp3) is 0.421. The van der Waals surface area contributed by atoms with Gasteiger partial charge in [-0.25, -0.2) is 0 Å². The van der Waals surface area contributed by atoms with Crippen molar-refractivity contribution >= 4 is 23.3 Å². The Kier molecular flexibility index (Phi) is 4.03. The van der Waals surface area contributed by atoms with Crippen LogP contribution in [0.4, 0.5) is 11.5 Å². The molecule has 1 aliphatic carbocycles. The molecule has 1 unspecified atom stereocenters. The second-order valence-electron chi connectivity index (χ2n) is 7.05. The minimum Gasteiger partial charge on any atom is -0.312 e. The van der Waals surface area contributed by atoms with Crippen molar-refractivity contribution in [3.8, 4) is 0 Å². The average Bonchev–Trinajstić information content (AvgIpc) is 3.27. The Morgan fingerprint density at radius 3 is 2.68 bits per heavy atom. The van der Waals surface area contributed by atoms with Crippen LogP contribution in [0.3, 0.4) is 0 Å². The average molecular weight is 338 g/mol. The molecule has 130 valence electrons. The number of aromatic amines is 1. The van der Waals surface area contributed by atoms with Crippen LogP contribution in [-0.2, 0) is 16.0 Å². The third-order valence-corrected chi connectivity index (χ3v) is 4.97. The van der Waals surface area contributed by atoms with Crippen LogP contribution in [0, 0.1) is 5.92 Å². The highest BCUT2D eigenvalue weighted by molar-refractivity contribution is 5.97. The molecule has 1 saturated heterocycles. The molecule has 1 aromatic heterocycles. The van der Waals surface area contributed by atoms with Gasteiger partial charge in [-0.15, -0.1) is 0 Å². The molecular weight excluding hydrogens is 316 g/mol. The Hall–Kier alpha value is -2.63. The fourth-order valence-electron chi connectivity index (χ4n) is 3.25. The summed E-state index contributed by atoms with van der Waals surface area (Å²) in [5, 5.41) is 9.95. The number of carbonyl (C=O) groups excluding carboxylic acids is 2. The van der Waals surface area contributed by atoms with Crippen LogP contribution in [0.5, 0.6) is 0 Å². The Bertz CT molecular complexity index is 792. The summed E-state index contributed by atoms with van der Waals surface area (Å²) in [6.45, 7) is 2.73.